The van der Waals surface area contributed by atoms with E-state index >= 15 is 0 Å². The number of aromatic hydroxyl groups is 2. The molecule has 0 aliphatic heterocycles. The number of hydrogen-bond donors (Lipinski definition) is 2. The molecule has 0 saturated heterocycles. The Kier molecular flexibility index (Phi) is 5.44. The van der Waals surface area contributed by atoms with E-state index in [0.717, 1.165) is 12.7 Å². The molecule has 3 aromatic carbocycles. The van der Waals surface area contributed by atoms with Gasteiger partial charge in [-0.05, 0) is 81.6 Å². The minimum atomic E-state index is 0.0865. The Morgan fingerprint density at radius 1 is 0.571 bits per heavy atom. The van der Waals surface area contributed by atoms with Crippen molar-refractivity contribution in [3.63, 3.8) is 0 Å². The molecular formula is C21H13I2N3O2. The highest BCUT2D eigenvalue weighted by molar-refractivity contribution is 14.1. The van der Waals surface area contributed by atoms with Crippen LogP contribution in [0.2, 0.25) is 0 Å². The molecule has 4 rings (SSSR count). The van der Waals surface area contributed by atoms with Crippen LogP contribution in [0.4, 0.5) is 0 Å². The molecule has 2 N–H and O–H groups in total. The Morgan fingerprint density at radius 2 is 1.04 bits per heavy atom. The van der Waals surface area contributed by atoms with E-state index in [2.05, 4.69) is 60.1 Å². The lowest BCUT2D eigenvalue weighted by atomic mass is 10.1. The van der Waals surface area contributed by atoms with Gasteiger partial charge in [-0.1, -0.05) is 30.3 Å². The largest absolute Gasteiger partial charge is 0.507 e. The number of hydrogen-bond acceptors (Lipinski definition) is 5. The number of aromatic nitrogens is 3. The summed E-state index contributed by atoms with van der Waals surface area (Å²) < 4.78 is 1.90. The van der Waals surface area contributed by atoms with Crippen molar-refractivity contribution in [3.8, 4) is 45.7 Å². The van der Waals surface area contributed by atoms with Crippen molar-refractivity contribution in [2.75, 3.05) is 0 Å². The molecule has 1 heterocycles. The lowest BCUT2D eigenvalue weighted by Gasteiger charge is -2.10. The van der Waals surface area contributed by atoms with Gasteiger partial charge in [-0.15, -0.1) is 0 Å². The summed E-state index contributed by atoms with van der Waals surface area (Å²) in [5, 5.41) is 20.7. The Bertz CT molecular complexity index is 1100. The van der Waals surface area contributed by atoms with Crippen LogP contribution in [0, 0.1) is 7.14 Å². The lowest BCUT2D eigenvalue weighted by molar-refractivity contribution is 0.476. The van der Waals surface area contributed by atoms with Crippen molar-refractivity contribution < 1.29 is 10.2 Å². The van der Waals surface area contributed by atoms with Crippen LogP contribution in [0.25, 0.3) is 34.2 Å². The van der Waals surface area contributed by atoms with E-state index in [1.165, 1.54) is 0 Å². The summed E-state index contributed by atoms with van der Waals surface area (Å²) >= 11 is 4.35. The third kappa shape index (κ3) is 3.95. The van der Waals surface area contributed by atoms with Crippen LogP contribution in [0.15, 0.2) is 66.7 Å². The molecule has 138 valence electrons. The molecule has 0 radical (unpaired) electrons. The summed E-state index contributed by atoms with van der Waals surface area (Å²) in [6, 6.07) is 20.0. The van der Waals surface area contributed by atoms with Gasteiger partial charge in [-0.2, -0.15) is 0 Å². The molecule has 0 unspecified atom stereocenters. The van der Waals surface area contributed by atoms with Gasteiger partial charge >= 0.3 is 0 Å². The number of rotatable bonds is 3. The first-order chi connectivity index (χ1) is 13.5. The van der Waals surface area contributed by atoms with E-state index in [1.54, 1.807) is 12.1 Å². The molecule has 0 aliphatic rings. The van der Waals surface area contributed by atoms with Crippen molar-refractivity contribution in [1.29, 1.82) is 0 Å². The Hall–Kier alpha value is -2.27. The number of halogens is 2. The molecule has 1 aromatic heterocycles. The minimum absolute atomic E-state index is 0.0865. The van der Waals surface area contributed by atoms with E-state index in [1.807, 2.05) is 54.6 Å². The van der Waals surface area contributed by atoms with Crippen LogP contribution in [-0.4, -0.2) is 25.2 Å². The predicted octanol–water partition coefficient (Wildman–Crippen LogP) is 5.49. The van der Waals surface area contributed by atoms with Crippen molar-refractivity contribution in [1.82, 2.24) is 15.0 Å². The maximum atomic E-state index is 10.4. The average Bonchev–Trinajstić information content (AvgIpc) is 2.72. The third-order valence-electron chi connectivity index (χ3n) is 4.07. The lowest BCUT2D eigenvalue weighted by Crippen LogP contribution is -2.01. The summed E-state index contributed by atoms with van der Waals surface area (Å²) in [5.74, 6) is 1.33. The first-order valence-corrected chi connectivity index (χ1v) is 10.5. The highest BCUT2D eigenvalue weighted by Crippen LogP contribution is 2.33. The summed E-state index contributed by atoms with van der Waals surface area (Å²) in [4.78, 5) is 13.7. The van der Waals surface area contributed by atoms with Crippen molar-refractivity contribution in [3.05, 3.63) is 73.9 Å². The highest BCUT2D eigenvalue weighted by Gasteiger charge is 2.17. The SMILES string of the molecule is Oc1ccc(I)cc1-c1nc(-c2ccccc2)nc(-c2cc(I)ccc2O)n1. The first kappa shape index (κ1) is 19.1. The van der Waals surface area contributed by atoms with Gasteiger partial charge in [0, 0.05) is 12.7 Å². The molecule has 0 saturated carbocycles. The normalized spacial score (nSPS) is 10.8. The van der Waals surface area contributed by atoms with Gasteiger partial charge in [0.05, 0.1) is 11.1 Å². The van der Waals surface area contributed by atoms with Gasteiger partial charge in [0.1, 0.15) is 11.5 Å². The summed E-state index contributed by atoms with van der Waals surface area (Å²) in [5.41, 5.74) is 1.85. The Balaban J connectivity index is 1.99. The van der Waals surface area contributed by atoms with Gasteiger partial charge in [-0.25, -0.2) is 15.0 Å². The van der Waals surface area contributed by atoms with Crippen LogP contribution in [0.5, 0.6) is 11.5 Å². The summed E-state index contributed by atoms with van der Waals surface area (Å²) in [6.45, 7) is 0. The van der Waals surface area contributed by atoms with Gasteiger partial charge in [0.2, 0.25) is 0 Å². The zero-order valence-corrected chi connectivity index (χ0v) is 18.7. The molecular weight excluding hydrogens is 580 g/mol. The predicted molar refractivity (Wildman–Crippen MR) is 125 cm³/mol. The average molecular weight is 593 g/mol. The number of nitrogens with zero attached hydrogens (tertiary/aromatic N) is 3. The van der Waals surface area contributed by atoms with Crippen molar-refractivity contribution in [2.24, 2.45) is 0 Å². The maximum Gasteiger partial charge on any atom is 0.167 e. The Morgan fingerprint density at radius 3 is 1.54 bits per heavy atom. The van der Waals surface area contributed by atoms with Crippen LogP contribution >= 0.6 is 45.2 Å². The first-order valence-electron chi connectivity index (χ1n) is 8.30. The highest BCUT2D eigenvalue weighted by atomic mass is 127. The van der Waals surface area contributed by atoms with Crippen LogP contribution in [0.3, 0.4) is 0 Å². The number of benzene rings is 3. The van der Waals surface area contributed by atoms with Gasteiger partial charge < -0.3 is 10.2 Å². The smallest absolute Gasteiger partial charge is 0.167 e. The van der Waals surface area contributed by atoms with Crippen LogP contribution in [0.1, 0.15) is 0 Å². The zero-order chi connectivity index (χ0) is 19.7. The van der Waals surface area contributed by atoms with Crippen molar-refractivity contribution >= 4 is 45.2 Å². The minimum Gasteiger partial charge on any atom is -0.507 e. The van der Waals surface area contributed by atoms with Crippen LogP contribution < -0.4 is 0 Å². The molecule has 28 heavy (non-hydrogen) atoms. The summed E-state index contributed by atoms with van der Waals surface area (Å²) in [7, 11) is 0. The number of phenols is 2. The van der Waals surface area contributed by atoms with E-state index < -0.39 is 0 Å². The van der Waals surface area contributed by atoms with Crippen LogP contribution in [-0.2, 0) is 0 Å². The molecule has 0 aliphatic carbocycles. The van der Waals surface area contributed by atoms with E-state index in [0.29, 0.717) is 28.6 Å². The maximum absolute atomic E-state index is 10.4. The number of phenolic OH excluding ortho intramolecular Hbond substituents is 2. The second-order valence-electron chi connectivity index (χ2n) is 6.00. The van der Waals surface area contributed by atoms with Gasteiger partial charge in [0.15, 0.2) is 17.5 Å². The van der Waals surface area contributed by atoms with E-state index in [9.17, 15) is 10.2 Å². The molecule has 0 atom stereocenters. The van der Waals surface area contributed by atoms with Gasteiger partial charge in [0.25, 0.3) is 0 Å². The quantitative estimate of drug-likeness (QED) is 0.308. The standard InChI is InChI=1S/C21H13I2N3O2/c22-13-6-8-17(27)15(10-13)20-24-19(12-4-2-1-3-5-12)25-21(26-20)16-11-14(23)7-9-18(16)28/h1-11,27-28H. The molecule has 0 spiro atoms. The monoisotopic (exact) mass is 593 g/mol. The molecule has 0 amide bonds. The fourth-order valence-corrected chi connectivity index (χ4v) is 3.69. The molecule has 4 aromatic rings. The second-order valence-corrected chi connectivity index (χ2v) is 8.49. The topological polar surface area (TPSA) is 79.1 Å². The molecule has 5 nitrogen and oxygen atoms in total. The molecule has 7 heteroatoms. The van der Waals surface area contributed by atoms with Crippen molar-refractivity contribution in [2.45, 2.75) is 0 Å². The second kappa shape index (κ2) is 8.00. The van der Waals surface area contributed by atoms with E-state index in [-0.39, 0.29) is 11.5 Å². The third-order valence-corrected chi connectivity index (χ3v) is 5.41. The molecule has 0 fully saturated rings. The van der Waals surface area contributed by atoms with Gasteiger partial charge in [-0.3, -0.25) is 0 Å². The molecule has 0 bridgehead atoms. The fourth-order valence-electron chi connectivity index (χ4n) is 2.71. The van der Waals surface area contributed by atoms with E-state index in [4.69, 9.17) is 0 Å². The fraction of sp³-hybridized carbons (Fsp3) is 0. The summed E-state index contributed by atoms with van der Waals surface area (Å²) in [6.07, 6.45) is 0. The zero-order valence-electron chi connectivity index (χ0n) is 14.3. The Labute approximate surface area is 188 Å².